The van der Waals surface area contributed by atoms with Crippen molar-refractivity contribution in [1.29, 1.82) is 0 Å². The van der Waals surface area contributed by atoms with E-state index in [1.807, 2.05) is 36.4 Å². The summed E-state index contributed by atoms with van der Waals surface area (Å²) in [6, 6.07) is 16.3. The quantitative estimate of drug-likeness (QED) is 0.755. The Hall–Kier alpha value is -2.00. The highest BCUT2D eigenvalue weighted by atomic mass is 16.3. The van der Waals surface area contributed by atoms with Crippen molar-refractivity contribution in [2.75, 3.05) is 11.9 Å². The van der Waals surface area contributed by atoms with E-state index in [1.165, 1.54) is 0 Å². The molecule has 0 aliphatic rings. The molecule has 0 aliphatic carbocycles. The third kappa shape index (κ3) is 2.98. The Kier molecular flexibility index (Phi) is 3.62. The molecular formula is C14H15NO2. The fraction of sp³-hybridized carbons (Fsp3) is 0.143. The van der Waals surface area contributed by atoms with Gasteiger partial charge in [-0.1, -0.05) is 30.3 Å². The molecule has 0 amide bonds. The van der Waals surface area contributed by atoms with E-state index in [0.717, 1.165) is 11.3 Å². The van der Waals surface area contributed by atoms with Gasteiger partial charge in [0.1, 0.15) is 5.75 Å². The third-order valence-corrected chi connectivity index (χ3v) is 2.57. The minimum Gasteiger partial charge on any atom is -0.508 e. The van der Waals surface area contributed by atoms with Gasteiger partial charge in [-0.05, 0) is 29.8 Å². The van der Waals surface area contributed by atoms with Crippen molar-refractivity contribution >= 4 is 5.69 Å². The largest absolute Gasteiger partial charge is 0.508 e. The van der Waals surface area contributed by atoms with Crippen LogP contribution in [-0.4, -0.2) is 16.8 Å². The summed E-state index contributed by atoms with van der Waals surface area (Å²) in [4.78, 5) is 0. The molecule has 0 radical (unpaired) electrons. The SMILES string of the molecule is OCC(Nc1ccccc1)c1cccc(O)c1. The van der Waals surface area contributed by atoms with E-state index in [0.29, 0.717) is 0 Å². The summed E-state index contributed by atoms with van der Waals surface area (Å²) in [5, 5.41) is 22.0. The van der Waals surface area contributed by atoms with Crippen LogP contribution < -0.4 is 5.32 Å². The summed E-state index contributed by atoms with van der Waals surface area (Å²) in [7, 11) is 0. The molecule has 2 rings (SSSR count). The summed E-state index contributed by atoms with van der Waals surface area (Å²) in [6.45, 7) is -0.0294. The molecule has 0 aromatic heterocycles. The number of para-hydroxylation sites is 1. The molecule has 1 unspecified atom stereocenters. The highest BCUT2D eigenvalue weighted by Crippen LogP contribution is 2.21. The van der Waals surface area contributed by atoms with E-state index in [4.69, 9.17) is 0 Å². The molecule has 1 atom stereocenters. The van der Waals surface area contributed by atoms with Crippen molar-refractivity contribution < 1.29 is 10.2 Å². The summed E-state index contributed by atoms with van der Waals surface area (Å²) >= 11 is 0. The first-order valence-corrected chi connectivity index (χ1v) is 5.51. The lowest BCUT2D eigenvalue weighted by Crippen LogP contribution is -2.14. The second-order valence-electron chi connectivity index (χ2n) is 3.84. The first-order chi connectivity index (χ1) is 8.29. The zero-order chi connectivity index (χ0) is 12.1. The van der Waals surface area contributed by atoms with Crippen LogP contribution in [0.1, 0.15) is 11.6 Å². The molecule has 0 aliphatic heterocycles. The minimum absolute atomic E-state index is 0.0294. The monoisotopic (exact) mass is 229 g/mol. The first kappa shape index (κ1) is 11.5. The van der Waals surface area contributed by atoms with Crippen LogP contribution in [0.2, 0.25) is 0 Å². The molecule has 0 heterocycles. The highest BCUT2D eigenvalue weighted by molar-refractivity contribution is 5.45. The Morgan fingerprint density at radius 3 is 2.41 bits per heavy atom. The number of phenols is 1. The lowest BCUT2D eigenvalue weighted by Gasteiger charge is -2.18. The molecule has 0 saturated heterocycles. The van der Waals surface area contributed by atoms with E-state index in [-0.39, 0.29) is 18.4 Å². The van der Waals surface area contributed by atoms with Crippen molar-refractivity contribution in [1.82, 2.24) is 0 Å². The molecule has 17 heavy (non-hydrogen) atoms. The van der Waals surface area contributed by atoms with Crippen LogP contribution in [-0.2, 0) is 0 Å². The molecule has 0 bridgehead atoms. The topological polar surface area (TPSA) is 52.5 Å². The Morgan fingerprint density at radius 1 is 1.00 bits per heavy atom. The maximum Gasteiger partial charge on any atom is 0.115 e. The fourth-order valence-electron chi connectivity index (χ4n) is 1.71. The number of aliphatic hydroxyl groups is 1. The van der Waals surface area contributed by atoms with Crippen molar-refractivity contribution in [2.45, 2.75) is 6.04 Å². The average Bonchev–Trinajstić information content (AvgIpc) is 2.37. The van der Waals surface area contributed by atoms with Crippen LogP contribution in [0.4, 0.5) is 5.69 Å². The molecule has 2 aromatic rings. The molecule has 3 nitrogen and oxygen atoms in total. The standard InChI is InChI=1S/C14H15NO2/c16-10-14(11-5-4-8-13(17)9-11)15-12-6-2-1-3-7-12/h1-9,14-17H,10H2. The van der Waals surface area contributed by atoms with E-state index in [2.05, 4.69) is 5.32 Å². The molecule has 3 N–H and O–H groups in total. The predicted octanol–water partition coefficient (Wildman–Crippen LogP) is 2.54. The third-order valence-electron chi connectivity index (χ3n) is 2.57. The van der Waals surface area contributed by atoms with Gasteiger partial charge in [0.2, 0.25) is 0 Å². The lowest BCUT2D eigenvalue weighted by atomic mass is 10.1. The average molecular weight is 229 g/mol. The number of hydrogen-bond acceptors (Lipinski definition) is 3. The molecular weight excluding hydrogens is 214 g/mol. The first-order valence-electron chi connectivity index (χ1n) is 5.51. The Morgan fingerprint density at radius 2 is 1.76 bits per heavy atom. The number of anilines is 1. The number of phenolic OH excluding ortho intramolecular Hbond substituents is 1. The molecule has 3 heteroatoms. The van der Waals surface area contributed by atoms with Crippen LogP contribution in [0, 0.1) is 0 Å². The number of nitrogens with one attached hydrogen (secondary N) is 1. The van der Waals surface area contributed by atoms with Crippen LogP contribution in [0.3, 0.4) is 0 Å². The fourth-order valence-corrected chi connectivity index (χ4v) is 1.71. The summed E-state index contributed by atoms with van der Waals surface area (Å²) in [5.74, 6) is 0.204. The van der Waals surface area contributed by atoms with Crippen LogP contribution in [0.5, 0.6) is 5.75 Å². The van der Waals surface area contributed by atoms with Gasteiger partial charge in [-0.15, -0.1) is 0 Å². The smallest absolute Gasteiger partial charge is 0.115 e. The van der Waals surface area contributed by atoms with Gasteiger partial charge in [0.15, 0.2) is 0 Å². The molecule has 88 valence electrons. The van der Waals surface area contributed by atoms with Gasteiger partial charge < -0.3 is 15.5 Å². The normalized spacial score (nSPS) is 12.1. The van der Waals surface area contributed by atoms with Crippen molar-refractivity contribution in [3.8, 4) is 5.75 Å². The number of hydrogen-bond donors (Lipinski definition) is 3. The molecule has 2 aromatic carbocycles. The molecule has 0 spiro atoms. The van der Waals surface area contributed by atoms with E-state index in [9.17, 15) is 10.2 Å². The van der Waals surface area contributed by atoms with Gasteiger partial charge >= 0.3 is 0 Å². The van der Waals surface area contributed by atoms with Gasteiger partial charge in [0.05, 0.1) is 12.6 Å². The summed E-state index contributed by atoms with van der Waals surface area (Å²) < 4.78 is 0. The molecule has 0 fully saturated rings. The van der Waals surface area contributed by atoms with Crippen LogP contribution in [0.25, 0.3) is 0 Å². The van der Waals surface area contributed by atoms with Gasteiger partial charge in [0.25, 0.3) is 0 Å². The van der Waals surface area contributed by atoms with Crippen LogP contribution >= 0.6 is 0 Å². The van der Waals surface area contributed by atoms with Crippen molar-refractivity contribution in [3.05, 3.63) is 60.2 Å². The number of rotatable bonds is 4. The van der Waals surface area contributed by atoms with E-state index in [1.54, 1.807) is 18.2 Å². The maximum atomic E-state index is 9.41. The zero-order valence-corrected chi connectivity index (χ0v) is 9.38. The summed E-state index contributed by atoms with van der Waals surface area (Å²) in [5.41, 5.74) is 1.80. The Labute approximate surface area is 100 Å². The predicted molar refractivity (Wildman–Crippen MR) is 68.0 cm³/mol. The number of aliphatic hydroxyl groups excluding tert-OH is 1. The van der Waals surface area contributed by atoms with Gasteiger partial charge in [0, 0.05) is 5.69 Å². The minimum atomic E-state index is -0.218. The van der Waals surface area contributed by atoms with E-state index >= 15 is 0 Å². The Balaban J connectivity index is 2.17. The van der Waals surface area contributed by atoms with Crippen molar-refractivity contribution in [3.63, 3.8) is 0 Å². The number of benzene rings is 2. The maximum absolute atomic E-state index is 9.41. The lowest BCUT2D eigenvalue weighted by molar-refractivity contribution is 0.276. The Bertz CT molecular complexity index is 471. The second kappa shape index (κ2) is 5.37. The van der Waals surface area contributed by atoms with Crippen molar-refractivity contribution in [2.24, 2.45) is 0 Å². The van der Waals surface area contributed by atoms with Gasteiger partial charge in [-0.2, -0.15) is 0 Å². The van der Waals surface area contributed by atoms with Gasteiger partial charge in [-0.3, -0.25) is 0 Å². The zero-order valence-electron chi connectivity index (χ0n) is 9.38. The summed E-state index contributed by atoms with van der Waals surface area (Å²) in [6.07, 6.45) is 0. The number of aromatic hydroxyl groups is 1. The van der Waals surface area contributed by atoms with Gasteiger partial charge in [-0.25, -0.2) is 0 Å². The molecule has 0 saturated carbocycles. The second-order valence-corrected chi connectivity index (χ2v) is 3.84. The highest BCUT2D eigenvalue weighted by Gasteiger charge is 2.10. The van der Waals surface area contributed by atoms with E-state index < -0.39 is 0 Å². The van der Waals surface area contributed by atoms with Crippen LogP contribution in [0.15, 0.2) is 54.6 Å².